The molecule has 1 aromatic heterocycles. The summed E-state index contributed by atoms with van der Waals surface area (Å²) in [5, 5.41) is 0. The third-order valence-corrected chi connectivity index (χ3v) is 4.77. The number of furan rings is 1. The highest BCUT2D eigenvalue weighted by molar-refractivity contribution is 5.06. The minimum atomic E-state index is 0.0183. The number of ether oxygens (including phenoxy) is 1. The van der Waals surface area contributed by atoms with Crippen molar-refractivity contribution < 1.29 is 9.15 Å². The van der Waals surface area contributed by atoms with Crippen LogP contribution >= 0.6 is 0 Å². The van der Waals surface area contributed by atoms with Crippen LogP contribution in [0.4, 0.5) is 0 Å². The normalized spacial score (nSPS) is 26.8. The predicted molar refractivity (Wildman–Crippen MR) is 73.7 cm³/mol. The van der Waals surface area contributed by atoms with E-state index in [1.165, 1.54) is 12.8 Å². The first-order chi connectivity index (χ1) is 9.24. The fourth-order valence-corrected chi connectivity index (χ4v) is 3.23. The molecule has 2 N–H and O–H groups in total. The molecule has 2 heterocycles. The van der Waals surface area contributed by atoms with Gasteiger partial charge in [-0.1, -0.05) is 0 Å². The van der Waals surface area contributed by atoms with Crippen LogP contribution in [-0.4, -0.2) is 36.2 Å². The molecule has 1 aliphatic heterocycles. The van der Waals surface area contributed by atoms with E-state index in [9.17, 15) is 0 Å². The van der Waals surface area contributed by atoms with Crippen molar-refractivity contribution in [2.75, 3.05) is 19.8 Å². The van der Waals surface area contributed by atoms with Gasteiger partial charge in [0.05, 0.1) is 19.4 Å². The average molecular weight is 264 g/mol. The highest BCUT2D eigenvalue weighted by Crippen LogP contribution is 2.39. The molecule has 1 saturated carbocycles. The zero-order valence-corrected chi connectivity index (χ0v) is 11.7. The first-order valence-electron chi connectivity index (χ1n) is 7.31. The zero-order chi connectivity index (χ0) is 13.3. The molecule has 0 aromatic carbocycles. The standard InChI is InChI=1S/C15H24N2O2/c1-15(11-16,12-6-8-18-10-12)17(13-4-5-13)9-14-3-2-7-19-14/h2-3,7,12-13H,4-6,8-11,16H2,1H3. The lowest BCUT2D eigenvalue weighted by Crippen LogP contribution is -2.57. The van der Waals surface area contributed by atoms with Crippen LogP contribution in [0.3, 0.4) is 0 Å². The summed E-state index contributed by atoms with van der Waals surface area (Å²) in [5.74, 6) is 1.57. The van der Waals surface area contributed by atoms with Gasteiger partial charge in [0.25, 0.3) is 0 Å². The Morgan fingerprint density at radius 1 is 1.42 bits per heavy atom. The Kier molecular flexibility index (Phi) is 3.65. The van der Waals surface area contributed by atoms with Crippen LogP contribution in [0.5, 0.6) is 0 Å². The van der Waals surface area contributed by atoms with Gasteiger partial charge in [0.15, 0.2) is 0 Å². The average Bonchev–Trinajstić information content (AvgIpc) is 2.94. The van der Waals surface area contributed by atoms with E-state index in [4.69, 9.17) is 14.9 Å². The van der Waals surface area contributed by atoms with Crippen molar-refractivity contribution in [3.63, 3.8) is 0 Å². The van der Waals surface area contributed by atoms with Gasteiger partial charge in [-0.15, -0.1) is 0 Å². The molecule has 1 aliphatic carbocycles. The van der Waals surface area contributed by atoms with Crippen molar-refractivity contribution in [1.82, 2.24) is 4.90 Å². The van der Waals surface area contributed by atoms with E-state index < -0.39 is 0 Å². The van der Waals surface area contributed by atoms with Gasteiger partial charge in [0, 0.05) is 30.7 Å². The summed E-state index contributed by atoms with van der Waals surface area (Å²) in [6.07, 6.45) is 5.43. The molecule has 106 valence electrons. The number of nitrogens with two attached hydrogens (primary N) is 1. The first kappa shape index (κ1) is 13.2. The smallest absolute Gasteiger partial charge is 0.117 e. The summed E-state index contributed by atoms with van der Waals surface area (Å²) >= 11 is 0. The van der Waals surface area contributed by atoms with Crippen molar-refractivity contribution in [2.45, 2.75) is 44.3 Å². The second kappa shape index (κ2) is 5.27. The molecule has 1 saturated heterocycles. The van der Waals surface area contributed by atoms with Crippen LogP contribution in [0, 0.1) is 5.92 Å². The van der Waals surface area contributed by atoms with Crippen LogP contribution in [0.2, 0.25) is 0 Å². The minimum Gasteiger partial charge on any atom is -0.468 e. The first-order valence-corrected chi connectivity index (χ1v) is 7.31. The van der Waals surface area contributed by atoms with E-state index in [1.54, 1.807) is 6.26 Å². The predicted octanol–water partition coefficient (Wildman–Crippen LogP) is 2.00. The van der Waals surface area contributed by atoms with Crippen LogP contribution < -0.4 is 5.73 Å². The van der Waals surface area contributed by atoms with E-state index in [-0.39, 0.29) is 5.54 Å². The molecule has 2 fully saturated rings. The molecule has 2 atom stereocenters. The SMILES string of the molecule is CC(CN)(C1CCOC1)N(Cc1ccco1)C1CC1. The Morgan fingerprint density at radius 3 is 2.79 bits per heavy atom. The summed E-state index contributed by atoms with van der Waals surface area (Å²) in [5.41, 5.74) is 6.17. The Morgan fingerprint density at radius 2 is 2.26 bits per heavy atom. The van der Waals surface area contributed by atoms with Gasteiger partial charge in [-0.2, -0.15) is 0 Å². The summed E-state index contributed by atoms with van der Waals surface area (Å²) in [4.78, 5) is 2.56. The molecule has 0 bridgehead atoms. The Labute approximate surface area is 114 Å². The van der Waals surface area contributed by atoms with Crippen LogP contribution in [-0.2, 0) is 11.3 Å². The third-order valence-electron chi connectivity index (χ3n) is 4.77. The van der Waals surface area contributed by atoms with Crippen molar-refractivity contribution >= 4 is 0 Å². The number of hydrogen-bond acceptors (Lipinski definition) is 4. The second-order valence-electron chi connectivity index (χ2n) is 6.06. The summed E-state index contributed by atoms with van der Waals surface area (Å²) in [6.45, 7) is 5.56. The van der Waals surface area contributed by atoms with Crippen LogP contribution in [0.1, 0.15) is 31.9 Å². The van der Waals surface area contributed by atoms with Gasteiger partial charge >= 0.3 is 0 Å². The maximum Gasteiger partial charge on any atom is 0.117 e. The topological polar surface area (TPSA) is 51.6 Å². The lowest BCUT2D eigenvalue weighted by molar-refractivity contribution is 0.0264. The molecule has 2 aliphatic rings. The maximum atomic E-state index is 6.15. The van der Waals surface area contributed by atoms with E-state index in [0.717, 1.165) is 31.9 Å². The fourth-order valence-electron chi connectivity index (χ4n) is 3.23. The van der Waals surface area contributed by atoms with Gasteiger partial charge in [0.1, 0.15) is 5.76 Å². The van der Waals surface area contributed by atoms with Gasteiger partial charge < -0.3 is 14.9 Å². The van der Waals surface area contributed by atoms with Crippen molar-refractivity contribution in [3.05, 3.63) is 24.2 Å². The molecule has 0 radical (unpaired) electrons. The van der Waals surface area contributed by atoms with E-state index in [0.29, 0.717) is 18.5 Å². The number of rotatable bonds is 6. The maximum absolute atomic E-state index is 6.15. The lowest BCUT2D eigenvalue weighted by Gasteiger charge is -2.44. The fraction of sp³-hybridized carbons (Fsp3) is 0.733. The summed E-state index contributed by atoms with van der Waals surface area (Å²) in [6, 6.07) is 4.68. The Hall–Kier alpha value is -0.840. The molecule has 2 unspecified atom stereocenters. The van der Waals surface area contributed by atoms with Gasteiger partial charge in [-0.25, -0.2) is 0 Å². The zero-order valence-electron chi connectivity index (χ0n) is 11.7. The quantitative estimate of drug-likeness (QED) is 0.854. The molecule has 3 rings (SSSR count). The summed E-state index contributed by atoms with van der Waals surface area (Å²) in [7, 11) is 0. The number of hydrogen-bond donors (Lipinski definition) is 1. The van der Waals surface area contributed by atoms with E-state index >= 15 is 0 Å². The molecular weight excluding hydrogens is 240 g/mol. The second-order valence-corrected chi connectivity index (χ2v) is 6.06. The van der Waals surface area contributed by atoms with Crippen LogP contribution in [0.25, 0.3) is 0 Å². The molecule has 1 aromatic rings. The molecule has 4 heteroatoms. The van der Waals surface area contributed by atoms with Crippen molar-refractivity contribution in [1.29, 1.82) is 0 Å². The lowest BCUT2D eigenvalue weighted by atomic mass is 9.83. The van der Waals surface area contributed by atoms with Crippen LogP contribution in [0.15, 0.2) is 22.8 Å². The highest BCUT2D eigenvalue weighted by atomic mass is 16.5. The van der Waals surface area contributed by atoms with Gasteiger partial charge in [-0.05, 0) is 38.3 Å². The molecule has 0 spiro atoms. The Balaban J connectivity index is 1.80. The summed E-state index contributed by atoms with van der Waals surface area (Å²) < 4.78 is 11.1. The molecule has 4 nitrogen and oxygen atoms in total. The minimum absolute atomic E-state index is 0.0183. The number of nitrogens with zero attached hydrogens (tertiary/aromatic N) is 1. The molecule has 0 amide bonds. The van der Waals surface area contributed by atoms with E-state index in [1.807, 2.05) is 6.07 Å². The monoisotopic (exact) mass is 264 g/mol. The Bertz CT molecular complexity index is 396. The highest BCUT2D eigenvalue weighted by Gasteiger charge is 2.46. The van der Waals surface area contributed by atoms with Gasteiger partial charge in [-0.3, -0.25) is 4.90 Å². The molecule has 19 heavy (non-hydrogen) atoms. The largest absolute Gasteiger partial charge is 0.468 e. The van der Waals surface area contributed by atoms with Crippen molar-refractivity contribution in [2.24, 2.45) is 11.7 Å². The van der Waals surface area contributed by atoms with E-state index in [2.05, 4.69) is 17.9 Å². The molecular formula is C15H24N2O2. The third kappa shape index (κ3) is 2.57. The van der Waals surface area contributed by atoms with Gasteiger partial charge in [0.2, 0.25) is 0 Å². The van der Waals surface area contributed by atoms with Crippen molar-refractivity contribution in [3.8, 4) is 0 Å².